The second kappa shape index (κ2) is 3.19. The van der Waals surface area contributed by atoms with Crippen LogP contribution in [0.15, 0.2) is 11.1 Å². The zero-order valence-corrected chi connectivity index (χ0v) is 7.29. The van der Waals surface area contributed by atoms with E-state index in [-0.39, 0.29) is 19.1 Å². The fourth-order valence-electron chi connectivity index (χ4n) is 2.75. The van der Waals surface area contributed by atoms with Crippen LogP contribution in [0.2, 0.25) is 0 Å². The summed E-state index contributed by atoms with van der Waals surface area (Å²) in [6.07, 6.45) is 4.78. The van der Waals surface area contributed by atoms with Gasteiger partial charge >= 0.3 is 0 Å². The first kappa shape index (κ1) is 8.27. The number of rotatable bonds is 2. The van der Waals surface area contributed by atoms with E-state index in [1.54, 1.807) is 0 Å². The lowest BCUT2D eigenvalue weighted by Crippen LogP contribution is -2.31. The topological polar surface area (TPSA) is 40.5 Å². The van der Waals surface area contributed by atoms with Crippen molar-refractivity contribution in [1.82, 2.24) is 0 Å². The molecule has 2 bridgehead atoms. The van der Waals surface area contributed by atoms with E-state index in [1.807, 2.05) is 0 Å². The highest BCUT2D eigenvalue weighted by atomic mass is 16.3. The highest BCUT2D eigenvalue weighted by molar-refractivity contribution is 5.25. The Kier molecular flexibility index (Phi) is 2.20. The number of allylic oxidation sites excluding steroid dienone is 1. The lowest BCUT2D eigenvalue weighted by Gasteiger charge is -2.39. The van der Waals surface area contributed by atoms with E-state index in [9.17, 15) is 0 Å². The van der Waals surface area contributed by atoms with Crippen molar-refractivity contribution in [3.05, 3.63) is 11.1 Å². The lowest BCUT2D eigenvalue weighted by atomic mass is 9.67. The third-order valence-electron chi connectivity index (χ3n) is 3.47. The number of aliphatic hydroxyl groups excluding tert-OH is 2. The normalized spacial score (nSPS) is 34.5. The molecule has 0 saturated heterocycles. The van der Waals surface area contributed by atoms with Crippen LogP contribution in [0.3, 0.4) is 0 Å². The average molecular weight is 168 g/mol. The van der Waals surface area contributed by atoms with Gasteiger partial charge in [-0.1, -0.05) is 5.57 Å². The molecule has 0 amide bonds. The van der Waals surface area contributed by atoms with E-state index >= 15 is 0 Å². The molecular formula is C10H16O2. The van der Waals surface area contributed by atoms with Gasteiger partial charge in [0.15, 0.2) is 0 Å². The smallest absolute Gasteiger partial charge is 0.0648 e. The summed E-state index contributed by atoms with van der Waals surface area (Å²) in [5.41, 5.74) is 2.58. The molecule has 3 rings (SSSR count). The van der Waals surface area contributed by atoms with Crippen LogP contribution in [0.4, 0.5) is 0 Å². The molecule has 1 saturated carbocycles. The van der Waals surface area contributed by atoms with Crippen molar-refractivity contribution < 1.29 is 10.2 Å². The summed E-state index contributed by atoms with van der Waals surface area (Å²) in [4.78, 5) is 0. The highest BCUT2D eigenvalue weighted by Gasteiger charge is 2.34. The maximum absolute atomic E-state index is 9.17. The number of aliphatic hydroxyl groups is 2. The Morgan fingerprint density at radius 3 is 2.25 bits per heavy atom. The molecule has 3 aliphatic rings. The Balaban J connectivity index is 2.28. The molecule has 2 heteroatoms. The Labute approximate surface area is 72.9 Å². The molecule has 0 aliphatic heterocycles. The van der Waals surface area contributed by atoms with E-state index in [4.69, 9.17) is 10.2 Å². The maximum atomic E-state index is 9.17. The van der Waals surface area contributed by atoms with E-state index in [0.29, 0.717) is 5.92 Å². The lowest BCUT2D eigenvalue weighted by molar-refractivity contribution is 0.147. The molecule has 3 aliphatic carbocycles. The monoisotopic (exact) mass is 168 g/mol. The molecule has 12 heavy (non-hydrogen) atoms. The van der Waals surface area contributed by atoms with Crippen LogP contribution in [-0.4, -0.2) is 23.4 Å². The van der Waals surface area contributed by atoms with Crippen molar-refractivity contribution >= 4 is 0 Å². The number of fused-ring (bicyclic) bond motifs is 3. The molecular weight excluding hydrogens is 152 g/mol. The molecule has 1 atom stereocenters. The van der Waals surface area contributed by atoms with Gasteiger partial charge in [-0.25, -0.2) is 0 Å². The molecule has 0 aromatic carbocycles. The van der Waals surface area contributed by atoms with Crippen LogP contribution < -0.4 is 0 Å². The van der Waals surface area contributed by atoms with Crippen LogP contribution in [0.5, 0.6) is 0 Å². The van der Waals surface area contributed by atoms with Crippen molar-refractivity contribution in [2.75, 3.05) is 13.2 Å². The summed E-state index contributed by atoms with van der Waals surface area (Å²) in [5.74, 6) is 0.933. The molecule has 1 unspecified atom stereocenters. The highest BCUT2D eigenvalue weighted by Crippen LogP contribution is 2.44. The van der Waals surface area contributed by atoms with E-state index < -0.39 is 0 Å². The molecule has 1 fully saturated rings. The average Bonchev–Trinajstić information content (AvgIpc) is 2.18. The summed E-state index contributed by atoms with van der Waals surface area (Å²) in [6, 6.07) is 0. The van der Waals surface area contributed by atoms with Gasteiger partial charge in [0.2, 0.25) is 0 Å². The summed E-state index contributed by atoms with van der Waals surface area (Å²) in [6.45, 7) is 0.390. The zero-order chi connectivity index (χ0) is 8.55. The van der Waals surface area contributed by atoms with Crippen molar-refractivity contribution in [2.24, 2.45) is 11.8 Å². The Bertz CT molecular complexity index is 198. The quantitative estimate of drug-likeness (QED) is 0.606. The Morgan fingerprint density at radius 1 is 1.17 bits per heavy atom. The van der Waals surface area contributed by atoms with Crippen molar-refractivity contribution in [1.29, 1.82) is 0 Å². The van der Waals surface area contributed by atoms with Gasteiger partial charge in [-0.05, 0) is 37.2 Å². The Hall–Kier alpha value is -0.340. The minimum atomic E-state index is 0.164. The van der Waals surface area contributed by atoms with Crippen LogP contribution in [0.1, 0.15) is 25.7 Å². The third kappa shape index (κ3) is 1.10. The molecule has 2 N–H and O–H groups in total. The van der Waals surface area contributed by atoms with Crippen LogP contribution in [0, 0.1) is 11.8 Å². The first-order valence-corrected chi connectivity index (χ1v) is 4.79. The summed E-state index contributed by atoms with van der Waals surface area (Å²) in [5, 5.41) is 18.3. The third-order valence-corrected chi connectivity index (χ3v) is 3.47. The summed E-state index contributed by atoms with van der Waals surface area (Å²) < 4.78 is 0. The van der Waals surface area contributed by atoms with Gasteiger partial charge in [-0.2, -0.15) is 0 Å². The van der Waals surface area contributed by atoms with Crippen molar-refractivity contribution in [3.8, 4) is 0 Å². The summed E-state index contributed by atoms with van der Waals surface area (Å²) in [7, 11) is 0. The van der Waals surface area contributed by atoms with Gasteiger partial charge in [0.25, 0.3) is 0 Å². The molecule has 68 valence electrons. The van der Waals surface area contributed by atoms with E-state index in [1.165, 1.54) is 18.4 Å². The Morgan fingerprint density at radius 2 is 1.83 bits per heavy atom. The van der Waals surface area contributed by atoms with E-state index in [2.05, 4.69) is 0 Å². The van der Waals surface area contributed by atoms with Gasteiger partial charge in [0.05, 0.1) is 6.61 Å². The molecule has 0 heterocycles. The predicted molar refractivity (Wildman–Crippen MR) is 46.6 cm³/mol. The second-order valence-corrected chi connectivity index (χ2v) is 3.91. The van der Waals surface area contributed by atoms with Crippen LogP contribution >= 0.6 is 0 Å². The number of hydrogen-bond donors (Lipinski definition) is 2. The maximum Gasteiger partial charge on any atom is 0.0648 e. The zero-order valence-electron chi connectivity index (χ0n) is 7.29. The molecule has 0 aromatic heterocycles. The van der Waals surface area contributed by atoms with Gasteiger partial charge in [0, 0.05) is 12.5 Å². The van der Waals surface area contributed by atoms with Crippen LogP contribution in [-0.2, 0) is 0 Å². The molecule has 0 radical (unpaired) electrons. The number of hydrogen-bond acceptors (Lipinski definition) is 2. The first-order chi connectivity index (χ1) is 5.86. The van der Waals surface area contributed by atoms with Gasteiger partial charge in [-0.15, -0.1) is 0 Å². The minimum Gasteiger partial charge on any atom is -0.396 e. The summed E-state index contributed by atoms with van der Waals surface area (Å²) >= 11 is 0. The van der Waals surface area contributed by atoms with E-state index in [0.717, 1.165) is 18.4 Å². The predicted octanol–water partition coefficient (Wildman–Crippen LogP) is 1.09. The largest absolute Gasteiger partial charge is 0.396 e. The standard InChI is InChI=1S/C10H16O2/c11-5-9-7-1-2-8(4-3-7)10(9)6-12/h7,9,11-12H,1-6H2. The fraction of sp³-hybridized carbons (Fsp3) is 0.800. The molecule has 0 spiro atoms. The minimum absolute atomic E-state index is 0.164. The van der Waals surface area contributed by atoms with Crippen molar-refractivity contribution in [2.45, 2.75) is 25.7 Å². The fourth-order valence-corrected chi connectivity index (χ4v) is 2.75. The van der Waals surface area contributed by atoms with Gasteiger partial charge in [0.1, 0.15) is 0 Å². The van der Waals surface area contributed by atoms with Crippen molar-refractivity contribution in [3.63, 3.8) is 0 Å². The SMILES string of the molecule is OCC1=C2CCC(CC2)C1CO. The molecule has 2 nitrogen and oxygen atoms in total. The van der Waals surface area contributed by atoms with Crippen LogP contribution in [0.25, 0.3) is 0 Å². The van der Waals surface area contributed by atoms with Gasteiger partial charge < -0.3 is 10.2 Å². The first-order valence-electron chi connectivity index (χ1n) is 4.79. The second-order valence-electron chi connectivity index (χ2n) is 3.91. The van der Waals surface area contributed by atoms with Gasteiger partial charge in [-0.3, -0.25) is 0 Å². The molecule has 0 aromatic rings.